The number of nitriles is 1. The molecule has 1 aliphatic rings. The molecule has 1 N–H and O–H groups in total. The molecule has 20 heavy (non-hydrogen) atoms. The van der Waals surface area contributed by atoms with Crippen LogP contribution in [0.25, 0.3) is 5.57 Å². The average Bonchev–Trinajstić information content (AvgIpc) is 2.50. The molecular weight excluding hydrogens is 276 g/mol. The zero-order valence-corrected chi connectivity index (χ0v) is 11.4. The van der Waals surface area contributed by atoms with Gasteiger partial charge < -0.3 is 9.94 Å². The van der Waals surface area contributed by atoms with Gasteiger partial charge in [-0.25, -0.2) is 0 Å². The van der Waals surface area contributed by atoms with Crippen molar-refractivity contribution in [2.24, 2.45) is 5.16 Å². The maximum absolute atomic E-state index is 9.40. The topological polar surface area (TPSA) is 65.6 Å². The number of hydrogen-bond donors (Lipinski definition) is 1. The molecule has 0 saturated heterocycles. The second kappa shape index (κ2) is 6.09. The van der Waals surface area contributed by atoms with Crippen molar-refractivity contribution in [3.05, 3.63) is 64.4 Å². The van der Waals surface area contributed by atoms with Crippen LogP contribution in [0.5, 0.6) is 0 Å². The van der Waals surface area contributed by atoms with E-state index in [9.17, 15) is 5.26 Å². The van der Waals surface area contributed by atoms with Gasteiger partial charge in [0.05, 0.1) is 12.7 Å². The van der Waals surface area contributed by atoms with Crippen molar-refractivity contribution < 1.29 is 9.94 Å². The van der Waals surface area contributed by atoms with Crippen molar-refractivity contribution >= 4 is 22.9 Å². The molecule has 0 radical (unpaired) electrons. The van der Waals surface area contributed by atoms with Crippen LogP contribution in [0.1, 0.15) is 5.56 Å². The van der Waals surface area contributed by atoms with Crippen LogP contribution >= 0.6 is 11.6 Å². The summed E-state index contributed by atoms with van der Waals surface area (Å²) < 4.78 is 5.25. The molecule has 0 spiro atoms. The first-order chi connectivity index (χ1) is 9.69. The van der Waals surface area contributed by atoms with Crippen molar-refractivity contribution in [1.29, 1.82) is 5.26 Å². The predicted octanol–water partition coefficient (Wildman–Crippen LogP) is 3.55. The molecule has 0 heterocycles. The van der Waals surface area contributed by atoms with Crippen LogP contribution in [0, 0.1) is 11.3 Å². The van der Waals surface area contributed by atoms with Gasteiger partial charge in [-0.05, 0) is 29.8 Å². The van der Waals surface area contributed by atoms with Crippen LogP contribution in [0.3, 0.4) is 0 Å². The lowest BCUT2D eigenvalue weighted by molar-refractivity contribution is 0.301. The van der Waals surface area contributed by atoms with Crippen LogP contribution in [0.4, 0.5) is 0 Å². The molecule has 0 unspecified atom stereocenters. The number of halogens is 1. The third kappa shape index (κ3) is 2.73. The van der Waals surface area contributed by atoms with Gasteiger partial charge in [-0.2, -0.15) is 5.26 Å². The van der Waals surface area contributed by atoms with E-state index in [1.807, 2.05) is 0 Å². The molecule has 100 valence electrons. The van der Waals surface area contributed by atoms with Crippen molar-refractivity contribution in [2.75, 3.05) is 7.11 Å². The lowest BCUT2D eigenvalue weighted by Gasteiger charge is -2.13. The van der Waals surface area contributed by atoms with Gasteiger partial charge >= 0.3 is 0 Å². The van der Waals surface area contributed by atoms with Crippen LogP contribution in [-0.2, 0) is 4.74 Å². The number of benzene rings is 1. The Balaban J connectivity index is 2.56. The zero-order valence-electron chi connectivity index (χ0n) is 10.7. The van der Waals surface area contributed by atoms with Crippen LogP contribution < -0.4 is 0 Å². The molecular formula is C15H11ClN2O2. The number of nitrogens with zero attached hydrogens (tertiary/aromatic N) is 2. The standard InChI is InChI=1S/C15H11ClN2O2/c1-20-15-8-12(18-19)6-7-13(15)14(9-17)10-2-4-11(16)5-3-10/h2-8,19H,1H3. The summed E-state index contributed by atoms with van der Waals surface area (Å²) in [7, 11) is 1.50. The first-order valence-electron chi connectivity index (χ1n) is 5.76. The van der Waals surface area contributed by atoms with Crippen LogP contribution in [0.15, 0.2) is 59.0 Å². The summed E-state index contributed by atoms with van der Waals surface area (Å²) in [5.41, 5.74) is 2.19. The number of methoxy groups -OCH3 is 1. The van der Waals surface area contributed by atoms with Gasteiger partial charge in [-0.3, -0.25) is 0 Å². The molecule has 0 amide bonds. The van der Waals surface area contributed by atoms with E-state index in [0.29, 0.717) is 27.6 Å². The number of rotatable bonds is 2. The maximum Gasteiger partial charge on any atom is 0.129 e. The molecule has 0 bridgehead atoms. The molecule has 0 fully saturated rings. The number of hydrogen-bond acceptors (Lipinski definition) is 4. The quantitative estimate of drug-likeness (QED) is 0.514. The Morgan fingerprint density at radius 2 is 2.00 bits per heavy atom. The Kier molecular flexibility index (Phi) is 4.24. The smallest absolute Gasteiger partial charge is 0.129 e. The number of oxime groups is 1. The highest BCUT2D eigenvalue weighted by Crippen LogP contribution is 2.28. The van der Waals surface area contributed by atoms with E-state index in [-0.39, 0.29) is 0 Å². The molecule has 1 aromatic carbocycles. The second-order valence-electron chi connectivity index (χ2n) is 3.98. The molecule has 4 nitrogen and oxygen atoms in total. The first-order valence-corrected chi connectivity index (χ1v) is 6.14. The van der Waals surface area contributed by atoms with E-state index in [2.05, 4.69) is 11.2 Å². The Morgan fingerprint density at radius 1 is 1.30 bits per heavy atom. The highest BCUT2D eigenvalue weighted by molar-refractivity contribution is 6.30. The minimum atomic E-state index is 0.360. The summed E-state index contributed by atoms with van der Waals surface area (Å²) in [6.07, 6.45) is 4.84. The first kappa shape index (κ1) is 13.9. The van der Waals surface area contributed by atoms with E-state index < -0.39 is 0 Å². The second-order valence-corrected chi connectivity index (χ2v) is 4.41. The fourth-order valence-electron chi connectivity index (χ4n) is 1.85. The van der Waals surface area contributed by atoms with Gasteiger partial charge in [-0.15, -0.1) is 0 Å². The van der Waals surface area contributed by atoms with Crippen LogP contribution in [0.2, 0.25) is 5.02 Å². The van der Waals surface area contributed by atoms with Gasteiger partial charge in [0.2, 0.25) is 0 Å². The van der Waals surface area contributed by atoms with Gasteiger partial charge in [0.15, 0.2) is 0 Å². The Labute approximate surface area is 121 Å². The van der Waals surface area contributed by atoms with E-state index in [1.54, 1.807) is 42.5 Å². The minimum Gasteiger partial charge on any atom is -0.496 e. The van der Waals surface area contributed by atoms with Gasteiger partial charge in [0, 0.05) is 16.7 Å². The van der Waals surface area contributed by atoms with Crippen molar-refractivity contribution in [3.8, 4) is 6.07 Å². The van der Waals surface area contributed by atoms with Gasteiger partial charge in [-0.1, -0.05) is 28.9 Å². The van der Waals surface area contributed by atoms with Crippen LogP contribution in [-0.4, -0.2) is 18.0 Å². The monoisotopic (exact) mass is 286 g/mol. The summed E-state index contributed by atoms with van der Waals surface area (Å²) in [4.78, 5) is 0. The lowest BCUT2D eigenvalue weighted by atomic mass is 9.96. The number of ether oxygens (including phenoxy) is 1. The summed E-state index contributed by atoms with van der Waals surface area (Å²) >= 11 is 5.85. The fraction of sp³-hybridized carbons (Fsp3) is 0.0667. The molecule has 0 saturated carbocycles. The summed E-state index contributed by atoms with van der Waals surface area (Å²) in [5.74, 6) is 0.465. The fourth-order valence-corrected chi connectivity index (χ4v) is 1.97. The van der Waals surface area contributed by atoms with E-state index in [1.165, 1.54) is 7.11 Å². The van der Waals surface area contributed by atoms with Gasteiger partial charge in [0.25, 0.3) is 0 Å². The highest BCUT2D eigenvalue weighted by Gasteiger charge is 2.16. The van der Waals surface area contributed by atoms with E-state index >= 15 is 0 Å². The largest absolute Gasteiger partial charge is 0.496 e. The normalized spacial score (nSPS) is 18.4. The van der Waals surface area contributed by atoms with Crippen molar-refractivity contribution in [2.45, 2.75) is 0 Å². The Hall–Kier alpha value is -2.51. The Bertz CT molecular complexity index is 677. The van der Waals surface area contributed by atoms with E-state index in [4.69, 9.17) is 21.5 Å². The maximum atomic E-state index is 9.40. The SMILES string of the molecule is COC1=CC(=NO)C=CC1=C(C#N)c1ccc(Cl)cc1. The molecule has 1 aromatic rings. The molecule has 0 aromatic heterocycles. The molecule has 2 rings (SSSR count). The highest BCUT2D eigenvalue weighted by atomic mass is 35.5. The van der Waals surface area contributed by atoms with Crippen molar-refractivity contribution in [1.82, 2.24) is 0 Å². The number of allylic oxidation sites excluding steroid dienone is 4. The summed E-state index contributed by atoms with van der Waals surface area (Å²) in [6, 6.07) is 9.14. The molecule has 0 aliphatic heterocycles. The lowest BCUT2D eigenvalue weighted by Crippen LogP contribution is -2.04. The predicted molar refractivity (Wildman–Crippen MR) is 77.4 cm³/mol. The zero-order chi connectivity index (χ0) is 14.5. The summed E-state index contributed by atoms with van der Waals surface area (Å²) in [5, 5.41) is 21.9. The minimum absolute atomic E-state index is 0.360. The molecule has 5 heteroatoms. The molecule has 1 aliphatic carbocycles. The summed E-state index contributed by atoms with van der Waals surface area (Å²) in [6.45, 7) is 0. The molecule has 0 atom stereocenters. The van der Waals surface area contributed by atoms with E-state index in [0.717, 1.165) is 5.56 Å². The third-order valence-electron chi connectivity index (χ3n) is 2.81. The third-order valence-corrected chi connectivity index (χ3v) is 3.07. The average molecular weight is 287 g/mol. The van der Waals surface area contributed by atoms with Crippen molar-refractivity contribution in [3.63, 3.8) is 0 Å². The van der Waals surface area contributed by atoms with Gasteiger partial charge in [0.1, 0.15) is 17.5 Å². The Morgan fingerprint density at radius 3 is 2.55 bits per heavy atom.